The van der Waals surface area contributed by atoms with Crippen LogP contribution >= 0.6 is 0 Å². The van der Waals surface area contributed by atoms with Gasteiger partial charge >= 0.3 is 0 Å². The van der Waals surface area contributed by atoms with Gasteiger partial charge in [-0.25, -0.2) is 0 Å². The van der Waals surface area contributed by atoms with Crippen LogP contribution < -0.4 is 10.5 Å². The van der Waals surface area contributed by atoms with Gasteiger partial charge < -0.3 is 10.5 Å². The Kier molecular flexibility index (Phi) is 1.96. The third-order valence-corrected chi connectivity index (χ3v) is 2.09. The maximum atomic E-state index is 5.47. The van der Waals surface area contributed by atoms with Crippen molar-refractivity contribution in [3.8, 4) is 5.75 Å². The summed E-state index contributed by atoms with van der Waals surface area (Å²) in [6, 6.07) is 1.92. The van der Waals surface area contributed by atoms with E-state index in [1.807, 2.05) is 6.07 Å². The maximum absolute atomic E-state index is 5.47. The van der Waals surface area contributed by atoms with Crippen LogP contribution in [-0.4, -0.2) is 18.1 Å². The smallest absolute Gasteiger partial charge is 0.125 e. The van der Waals surface area contributed by atoms with E-state index in [0.29, 0.717) is 6.54 Å². The number of nitrogens with zero attached hydrogens (tertiary/aromatic N) is 1. The van der Waals surface area contributed by atoms with Crippen molar-refractivity contribution >= 4 is 0 Å². The molecule has 0 saturated heterocycles. The summed E-state index contributed by atoms with van der Waals surface area (Å²) in [6.07, 6.45) is 3.63. The molecule has 0 aromatic carbocycles. The van der Waals surface area contributed by atoms with E-state index in [1.54, 1.807) is 6.20 Å². The van der Waals surface area contributed by atoms with Gasteiger partial charge in [-0.15, -0.1) is 0 Å². The van der Waals surface area contributed by atoms with Gasteiger partial charge in [-0.2, -0.15) is 0 Å². The van der Waals surface area contributed by atoms with Crippen LogP contribution in [0.5, 0.6) is 5.75 Å². The van der Waals surface area contributed by atoms with Crippen molar-refractivity contribution in [3.05, 3.63) is 23.5 Å². The molecule has 0 aliphatic carbocycles. The molecule has 1 aromatic heterocycles. The van der Waals surface area contributed by atoms with Crippen molar-refractivity contribution in [1.29, 1.82) is 0 Å². The normalized spacial score (nSPS) is 14.1. The van der Waals surface area contributed by atoms with E-state index in [0.717, 1.165) is 30.9 Å². The highest BCUT2D eigenvalue weighted by atomic mass is 16.5. The number of aromatic nitrogens is 1. The fourth-order valence-corrected chi connectivity index (χ4v) is 1.53. The molecule has 3 nitrogen and oxygen atoms in total. The van der Waals surface area contributed by atoms with Crippen LogP contribution in [0.3, 0.4) is 0 Å². The number of hydrogen-bond acceptors (Lipinski definition) is 3. The number of fused-ring (bicyclic) bond motifs is 1. The summed E-state index contributed by atoms with van der Waals surface area (Å²) >= 11 is 0. The minimum atomic E-state index is 0.656. The van der Waals surface area contributed by atoms with Crippen molar-refractivity contribution in [2.45, 2.75) is 12.8 Å². The summed E-state index contributed by atoms with van der Waals surface area (Å²) in [5, 5.41) is 0. The Morgan fingerprint density at radius 3 is 3.33 bits per heavy atom. The molecular weight excluding hydrogens is 152 g/mol. The molecule has 0 spiro atoms. The van der Waals surface area contributed by atoms with E-state index >= 15 is 0 Å². The molecule has 0 unspecified atom stereocenters. The lowest BCUT2D eigenvalue weighted by Gasteiger charge is -2.03. The van der Waals surface area contributed by atoms with Crippen LogP contribution in [0.25, 0.3) is 0 Å². The van der Waals surface area contributed by atoms with Gasteiger partial charge in [0.25, 0.3) is 0 Å². The molecule has 2 heterocycles. The third-order valence-electron chi connectivity index (χ3n) is 2.09. The molecule has 1 aliphatic rings. The monoisotopic (exact) mass is 164 g/mol. The summed E-state index contributed by atoms with van der Waals surface area (Å²) in [6.45, 7) is 1.45. The molecular formula is C9H12N2O. The number of hydrogen-bond donors (Lipinski definition) is 1. The molecule has 0 amide bonds. The van der Waals surface area contributed by atoms with Gasteiger partial charge in [0.05, 0.1) is 6.61 Å². The van der Waals surface area contributed by atoms with Gasteiger partial charge in [0, 0.05) is 30.3 Å². The lowest BCUT2D eigenvalue weighted by Crippen LogP contribution is -2.06. The van der Waals surface area contributed by atoms with Crippen molar-refractivity contribution in [1.82, 2.24) is 4.98 Å². The molecule has 0 saturated carbocycles. The van der Waals surface area contributed by atoms with Gasteiger partial charge in [0.1, 0.15) is 5.75 Å². The van der Waals surface area contributed by atoms with E-state index in [-0.39, 0.29) is 0 Å². The SMILES string of the molecule is NCCc1nccc2c1CCO2. The fraction of sp³-hybridized carbons (Fsp3) is 0.444. The maximum Gasteiger partial charge on any atom is 0.125 e. The van der Waals surface area contributed by atoms with Crippen LogP contribution in [0.15, 0.2) is 12.3 Å². The standard InChI is InChI=1S/C9H12N2O/c10-4-1-8-7-3-6-12-9(7)2-5-11-8/h2,5H,1,3-4,6,10H2. The fourth-order valence-electron chi connectivity index (χ4n) is 1.53. The van der Waals surface area contributed by atoms with Gasteiger partial charge in [-0.1, -0.05) is 0 Å². The Morgan fingerprint density at radius 2 is 2.50 bits per heavy atom. The third kappa shape index (κ3) is 1.16. The molecule has 1 aliphatic heterocycles. The Bertz CT molecular complexity index is 286. The number of nitrogens with two attached hydrogens (primary N) is 1. The molecule has 2 N–H and O–H groups in total. The lowest BCUT2D eigenvalue weighted by atomic mass is 10.1. The van der Waals surface area contributed by atoms with E-state index < -0.39 is 0 Å². The van der Waals surface area contributed by atoms with Crippen molar-refractivity contribution < 1.29 is 4.74 Å². The number of ether oxygens (including phenoxy) is 1. The molecule has 2 rings (SSSR count). The topological polar surface area (TPSA) is 48.1 Å². The largest absolute Gasteiger partial charge is 0.493 e. The molecule has 64 valence electrons. The van der Waals surface area contributed by atoms with E-state index in [1.165, 1.54) is 5.56 Å². The van der Waals surface area contributed by atoms with Gasteiger partial charge in [-0.05, 0) is 12.6 Å². The summed E-state index contributed by atoms with van der Waals surface area (Å²) in [5.74, 6) is 0.994. The second-order valence-corrected chi connectivity index (χ2v) is 2.87. The van der Waals surface area contributed by atoms with Crippen LogP contribution in [0.4, 0.5) is 0 Å². The highest BCUT2D eigenvalue weighted by molar-refractivity contribution is 5.38. The van der Waals surface area contributed by atoms with E-state index in [4.69, 9.17) is 10.5 Å². The summed E-state index contributed by atoms with van der Waals surface area (Å²) in [4.78, 5) is 4.28. The molecule has 3 heteroatoms. The zero-order valence-electron chi connectivity index (χ0n) is 6.92. The van der Waals surface area contributed by atoms with Gasteiger partial charge in [0.15, 0.2) is 0 Å². The Hall–Kier alpha value is -1.09. The molecule has 0 fully saturated rings. The minimum Gasteiger partial charge on any atom is -0.493 e. The molecule has 0 atom stereocenters. The van der Waals surface area contributed by atoms with E-state index in [2.05, 4.69) is 4.98 Å². The first-order chi connectivity index (χ1) is 5.92. The first-order valence-corrected chi connectivity index (χ1v) is 4.21. The summed E-state index contributed by atoms with van der Waals surface area (Å²) < 4.78 is 5.40. The molecule has 12 heavy (non-hydrogen) atoms. The second-order valence-electron chi connectivity index (χ2n) is 2.87. The van der Waals surface area contributed by atoms with Crippen LogP contribution in [-0.2, 0) is 12.8 Å². The highest BCUT2D eigenvalue weighted by Crippen LogP contribution is 2.26. The highest BCUT2D eigenvalue weighted by Gasteiger charge is 2.15. The second kappa shape index (κ2) is 3.11. The van der Waals surface area contributed by atoms with Gasteiger partial charge in [-0.3, -0.25) is 4.98 Å². The predicted molar refractivity (Wildman–Crippen MR) is 46.2 cm³/mol. The van der Waals surface area contributed by atoms with Crippen LogP contribution in [0, 0.1) is 0 Å². The minimum absolute atomic E-state index is 0.656. The number of pyridine rings is 1. The Morgan fingerprint density at radius 1 is 1.58 bits per heavy atom. The lowest BCUT2D eigenvalue weighted by molar-refractivity contribution is 0.356. The van der Waals surface area contributed by atoms with Crippen molar-refractivity contribution in [2.75, 3.05) is 13.2 Å². The first kappa shape index (κ1) is 7.55. The van der Waals surface area contributed by atoms with Crippen LogP contribution in [0.2, 0.25) is 0 Å². The molecule has 1 aromatic rings. The molecule has 0 bridgehead atoms. The van der Waals surface area contributed by atoms with Crippen molar-refractivity contribution in [3.63, 3.8) is 0 Å². The zero-order valence-corrected chi connectivity index (χ0v) is 6.92. The van der Waals surface area contributed by atoms with Crippen LogP contribution in [0.1, 0.15) is 11.3 Å². The van der Waals surface area contributed by atoms with Gasteiger partial charge in [0.2, 0.25) is 0 Å². The average Bonchev–Trinajstić information content (AvgIpc) is 2.53. The Balaban J connectivity index is 2.36. The summed E-state index contributed by atoms with van der Waals surface area (Å²) in [7, 11) is 0. The molecule has 0 radical (unpaired) electrons. The zero-order chi connectivity index (χ0) is 8.39. The van der Waals surface area contributed by atoms with Crippen molar-refractivity contribution in [2.24, 2.45) is 5.73 Å². The quantitative estimate of drug-likeness (QED) is 0.693. The number of rotatable bonds is 2. The predicted octanol–water partition coefficient (Wildman–Crippen LogP) is 0.518. The Labute approximate surface area is 71.6 Å². The average molecular weight is 164 g/mol. The first-order valence-electron chi connectivity index (χ1n) is 4.21. The van der Waals surface area contributed by atoms with E-state index in [9.17, 15) is 0 Å². The summed E-state index contributed by atoms with van der Waals surface area (Å²) in [5.41, 5.74) is 7.83.